The number of nitrogens with zero attached hydrogens (tertiary/aromatic N) is 6. The van der Waals surface area contributed by atoms with Crippen LogP contribution < -0.4 is 10.2 Å². The Bertz CT molecular complexity index is 699. The minimum absolute atomic E-state index is 0.0901. The minimum atomic E-state index is -0.0901. The van der Waals surface area contributed by atoms with Crippen molar-refractivity contribution in [2.24, 2.45) is 0 Å². The highest BCUT2D eigenvalue weighted by atomic mass is 16.2. The average molecular weight is 325 g/mol. The lowest BCUT2D eigenvalue weighted by Gasteiger charge is -2.34. The van der Waals surface area contributed by atoms with Crippen LogP contribution in [0, 0.1) is 0 Å². The maximum Gasteiger partial charge on any atom is 0.272 e. The number of carbonyl (C=O) groups excluding carboxylic acids is 1. The molecular weight excluding hydrogens is 306 g/mol. The number of hydrogen-bond donors (Lipinski definition) is 1. The van der Waals surface area contributed by atoms with Crippen LogP contribution in [0.5, 0.6) is 0 Å². The molecule has 124 valence electrons. The fraction of sp³-hybridized carbons (Fsp3) is 0.312. The highest BCUT2D eigenvalue weighted by Crippen LogP contribution is 2.13. The number of nitrogens with one attached hydrogen (secondary N) is 1. The van der Waals surface area contributed by atoms with Gasteiger partial charge in [0.1, 0.15) is 17.8 Å². The predicted molar refractivity (Wildman–Crippen MR) is 90.9 cm³/mol. The maximum absolute atomic E-state index is 12.6. The molecule has 1 amide bonds. The molecule has 1 fully saturated rings. The van der Waals surface area contributed by atoms with Crippen molar-refractivity contribution in [1.29, 1.82) is 0 Å². The Morgan fingerprint density at radius 3 is 2.62 bits per heavy atom. The van der Waals surface area contributed by atoms with Gasteiger partial charge in [-0.3, -0.25) is 4.79 Å². The molecule has 1 saturated heterocycles. The summed E-state index contributed by atoms with van der Waals surface area (Å²) in [4.78, 5) is 33.1. The van der Waals surface area contributed by atoms with E-state index in [0.717, 1.165) is 0 Å². The molecule has 8 heteroatoms. The van der Waals surface area contributed by atoms with Crippen LogP contribution in [0.2, 0.25) is 0 Å². The maximum atomic E-state index is 12.6. The largest absolute Gasteiger partial charge is 0.366 e. The van der Waals surface area contributed by atoms with Crippen LogP contribution in [-0.2, 0) is 0 Å². The smallest absolute Gasteiger partial charge is 0.272 e. The highest BCUT2D eigenvalue weighted by Gasteiger charge is 2.24. The highest BCUT2D eigenvalue weighted by molar-refractivity contribution is 5.93. The fourth-order valence-electron chi connectivity index (χ4n) is 2.47. The van der Waals surface area contributed by atoms with E-state index in [1.807, 2.05) is 0 Å². The molecule has 1 N–H and O–H groups in total. The lowest BCUT2D eigenvalue weighted by molar-refractivity contribution is 0.0740. The zero-order valence-corrected chi connectivity index (χ0v) is 13.3. The molecule has 0 saturated carbocycles. The molecule has 3 rings (SSSR count). The summed E-state index contributed by atoms with van der Waals surface area (Å²) >= 11 is 0. The van der Waals surface area contributed by atoms with Crippen LogP contribution >= 0.6 is 0 Å². The van der Waals surface area contributed by atoms with Crippen LogP contribution in [0.15, 0.2) is 43.5 Å². The van der Waals surface area contributed by atoms with Crippen LogP contribution in [0.4, 0.5) is 11.8 Å². The van der Waals surface area contributed by atoms with E-state index in [1.54, 1.807) is 35.5 Å². The normalized spacial score (nSPS) is 14.3. The molecular formula is C16H19N7O. The standard InChI is InChI=1S/C16H19N7O/c1-2-4-17-14-11-13(20-12-21-14)15(24)22-7-9-23(10-8-22)16-18-5-3-6-19-16/h2-3,5-6,11-12H,1,4,7-10H2,(H,17,20,21). The number of amides is 1. The Hall–Kier alpha value is -3.03. The Kier molecular flexibility index (Phi) is 4.95. The number of carbonyl (C=O) groups is 1. The van der Waals surface area contributed by atoms with Gasteiger partial charge in [0, 0.05) is 51.2 Å². The quantitative estimate of drug-likeness (QED) is 0.815. The Balaban J connectivity index is 1.62. The number of anilines is 2. The molecule has 2 aromatic rings. The first kappa shape index (κ1) is 15.9. The van der Waals surface area contributed by atoms with E-state index >= 15 is 0 Å². The Morgan fingerprint density at radius 1 is 1.17 bits per heavy atom. The van der Waals surface area contributed by atoms with Gasteiger partial charge in [0.2, 0.25) is 5.95 Å². The molecule has 1 aliphatic rings. The van der Waals surface area contributed by atoms with E-state index in [0.29, 0.717) is 50.2 Å². The fourth-order valence-corrected chi connectivity index (χ4v) is 2.47. The van der Waals surface area contributed by atoms with Gasteiger partial charge in [-0.05, 0) is 6.07 Å². The van der Waals surface area contributed by atoms with Gasteiger partial charge in [-0.1, -0.05) is 6.08 Å². The molecule has 0 spiro atoms. The molecule has 8 nitrogen and oxygen atoms in total. The van der Waals surface area contributed by atoms with Crippen LogP contribution in [0.3, 0.4) is 0 Å². The first-order valence-corrected chi connectivity index (χ1v) is 7.76. The van der Waals surface area contributed by atoms with Crippen molar-refractivity contribution in [3.63, 3.8) is 0 Å². The van der Waals surface area contributed by atoms with Gasteiger partial charge in [-0.2, -0.15) is 0 Å². The van der Waals surface area contributed by atoms with Crippen molar-refractivity contribution in [2.75, 3.05) is 42.9 Å². The van der Waals surface area contributed by atoms with Crippen LogP contribution in [0.25, 0.3) is 0 Å². The van der Waals surface area contributed by atoms with Crippen molar-refractivity contribution in [3.05, 3.63) is 49.2 Å². The first-order valence-electron chi connectivity index (χ1n) is 7.76. The van der Waals surface area contributed by atoms with E-state index in [4.69, 9.17) is 0 Å². The van der Waals surface area contributed by atoms with Gasteiger partial charge >= 0.3 is 0 Å². The third kappa shape index (κ3) is 3.65. The van der Waals surface area contributed by atoms with E-state index in [-0.39, 0.29) is 5.91 Å². The summed E-state index contributed by atoms with van der Waals surface area (Å²) in [6, 6.07) is 3.45. The molecule has 24 heavy (non-hydrogen) atoms. The van der Waals surface area contributed by atoms with Gasteiger partial charge in [-0.15, -0.1) is 6.58 Å². The predicted octanol–water partition coefficient (Wildman–Crippen LogP) is 0.827. The van der Waals surface area contributed by atoms with Gasteiger partial charge in [0.15, 0.2) is 0 Å². The SMILES string of the molecule is C=CCNc1cc(C(=O)N2CCN(c3ncccn3)CC2)ncn1. The summed E-state index contributed by atoms with van der Waals surface area (Å²) in [5.74, 6) is 1.22. The second-order valence-electron chi connectivity index (χ2n) is 5.29. The van der Waals surface area contributed by atoms with Crippen molar-refractivity contribution < 1.29 is 4.79 Å². The van der Waals surface area contributed by atoms with E-state index in [9.17, 15) is 4.79 Å². The number of hydrogen-bond acceptors (Lipinski definition) is 7. The third-order valence-corrected chi connectivity index (χ3v) is 3.72. The summed E-state index contributed by atoms with van der Waals surface area (Å²) in [7, 11) is 0. The molecule has 3 heterocycles. The van der Waals surface area contributed by atoms with Crippen molar-refractivity contribution in [2.45, 2.75) is 0 Å². The molecule has 0 atom stereocenters. The lowest BCUT2D eigenvalue weighted by atomic mass is 10.2. The monoisotopic (exact) mass is 325 g/mol. The van der Waals surface area contributed by atoms with E-state index < -0.39 is 0 Å². The summed E-state index contributed by atoms with van der Waals surface area (Å²) in [5, 5.41) is 3.06. The van der Waals surface area contributed by atoms with Gasteiger partial charge in [0.05, 0.1) is 0 Å². The van der Waals surface area contributed by atoms with E-state index in [1.165, 1.54) is 6.33 Å². The number of aromatic nitrogens is 4. The molecule has 0 aliphatic carbocycles. The average Bonchev–Trinajstić information content (AvgIpc) is 2.67. The molecule has 2 aromatic heterocycles. The van der Waals surface area contributed by atoms with Crippen LogP contribution in [-0.4, -0.2) is 63.5 Å². The van der Waals surface area contributed by atoms with Crippen LogP contribution in [0.1, 0.15) is 10.5 Å². The summed E-state index contributed by atoms with van der Waals surface area (Å²) in [6.07, 6.45) is 6.57. The van der Waals surface area contributed by atoms with Crippen molar-refractivity contribution >= 4 is 17.7 Å². The Labute approximate surface area is 140 Å². The molecule has 0 radical (unpaired) electrons. The van der Waals surface area contributed by atoms with Crippen molar-refractivity contribution in [1.82, 2.24) is 24.8 Å². The van der Waals surface area contributed by atoms with Gasteiger partial charge in [-0.25, -0.2) is 19.9 Å². The zero-order chi connectivity index (χ0) is 16.8. The molecule has 1 aliphatic heterocycles. The van der Waals surface area contributed by atoms with Gasteiger partial charge < -0.3 is 15.1 Å². The summed E-state index contributed by atoms with van der Waals surface area (Å²) in [5.41, 5.74) is 0.390. The first-order chi connectivity index (χ1) is 11.8. The molecule has 0 aromatic carbocycles. The van der Waals surface area contributed by atoms with E-state index in [2.05, 4.69) is 36.7 Å². The zero-order valence-electron chi connectivity index (χ0n) is 13.3. The van der Waals surface area contributed by atoms with Gasteiger partial charge in [0.25, 0.3) is 5.91 Å². The third-order valence-electron chi connectivity index (χ3n) is 3.72. The summed E-state index contributed by atoms with van der Waals surface area (Å²) in [6.45, 7) is 6.84. The number of rotatable bonds is 5. The second-order valence-corrected chi connectivity index (χ2v) is 5.29. The molecule has 0 unspecified atom stereocenters. The number of piperazine rings is 1. The molecule has 0 bridgehead atoms. The summed E-state index contributed by atoms with van der Waals surface area (Å²) < 4.78 is 0. The second kappa shape index (κ2) is 7.49. The Morgan fingerprint density at radius 2 is 1.92 bits per heavy atom. The van der Waals surface area contributed by atoms with Crippen molar-refractivity contribution in [3.8, 4) is 0 Å². The lowest BCUT2D eigenvalue weighted by Crippen LogP contribution is -2.49. The topological polar surface area (TPSA) is 87.1 Å². The minimum Gasteiger partial charge on any atom is -0.366 e.